The monoisotopic (exact) mass is 549 g/mol. The van der Waals surface area contributed by atoms with Crippen molar-refractivity contribution < 1.29 is 19.4 Å². The molecule has 0 aliphatic rings. The molecule has 0 aliphatic heterocycles. The number of hydrazone groups is 1. The van der Waals surface area contributed by atoms with E-state index in [0.717, 1.165) is 0 Å². The van der Waals surface area contributed by atoms with Crippen LogP contribution < -0.4 is 21.0 Å². The highest BCUT2D eigenvalue weighted by atomic mass is 79.9. The standard InChI is InChI=1S/C25H20BrN5O5/c1-36-19-12-14(11-18(26)22(19)32)13-27-30-25(35)21(28-23(33)15-7-3-2-4-8-15)20-16-9-5-6-10-17(16)24(34)31-29-20/h2-13,21,32H,1H3,(H,28,33)(H,30,35)(H,31,34)/b27-13-/t21-/m1/s1. The van der Waals surface area contributed by atoms with Gasteiger partial charge in [-0.2, -0.15) is 10.2 Å². The zero-order chi connectivity index (χ0) is 25.7. The number of nitrogens with zero attached hydrogens (tertiary/aromatic N) is 2. The highest BCUT2D eigenvalue weighted by Gasteiger charge is 2.27. The molecule has 0 spiro atoms. The van der Waals surface area contributed by atoms with Gasteiger partial charge >= 0.3 is 0 Å². The second-order valence-corrected chi connectivity index (χ2v) is 8.40. The third-order valence-corrected chi connectivity index (χ3v) is 5.84. The molecule has 3 aromatic carbocycles. The number of hydrogen-bond donors (Lipinski definition) is 4. The van der Waals surface area contributed by atoms with Crippen LogP contribution in [0, 0.1) is 0 Å². The van der Waals surface area contributed by atoms with Crippen LogP contribution in [0.1, 0.15) is 27.7 Å². The van der Waals surface area contributed by atoms with Gasteiger partial charge in [-0.1, -0.05) is 36.4 Å². The van der Waals surface area contributed by atoms with Crippen molar-refractivity contribution >= 4 is 44.7 Å². The Balaban J connectivity index is 1.66. The van der Waals surface area contributed by atoms with E-state index in [1.807, 2.05) is 0 Å². The average molecular weight is 550 g/mol. The molecule has 0 bridgehead atoms. The number of ether oxygens (including phenoxy) is 1. The fourth-order valence-electron chi connectivity index (χ4n) is 3.48. The number of nitrogens with one attached hydrogen (secondary N) is 3. The molecule has 4 aromatic rings. The summed E-state index contributed by atoms with van der Waals surface area (Å²) in [4.78, 5) is 38.4. The number of methoxy groups -OCH3 is 1. The van der Waals surface area contributed by atoms with Gasteiger partial charge in [0.15, 0.2) is 17.5 Å². The van der Waals surface area contributed by atoms with Crippen molar-refractivity contribution in [2.45, 2.75) is 6.04 Å². The Labute approximate surface area is 213 Å². The van der Waals surface area contributed by atoms with E-state index in [2.05, 4.69) is 42.0 Å². The molecular formula is C25H20BrN5O5. The number of carbonyl (C=O) groups excluding carboxylic acids is 2. The molecule has 182 valence electrons. The number of aromatic nitrogens is 2. The largest absolute Gasteiger partial charge is 0.503 e. The lowest BCUT2D eigenvalue weighted by Crippen LogP contribution is -2.40. The molecule has 11 heteroatoms. The smallest absolute Gasteiger partial charge is 0.272 e. The molecule has 4 N–H and O–H groups in total. The first-order valence-electron chi connectivity index (χ1n) is 10.6. The van der Waals surface area contributed by atoms with E-state index >= 15 is 0 Å². The summed E-state index contributed by atoms with van der Waals surface area (Å²) in [5.74, 6) is -1.05. The Bertz CT molecular complexity index is 1520. The van der Waals surface area contributed by atoms with Gasteiger partial charge in [0.1, 0.15) is 5.69 Å². The van der Waals surface area contributed by atoms with Crippen LogP contribution in [0.15, 0.2) is 81.1 Å². The second-order valence-electron chi connectivity index (χ2n) is 7.54. The molecule has 0 radical (unpaired) electrons. The molecule has 10 nitrogen and oxygen atoms in total. The van der Waals surface area contributed by atoms with E-state index in [-0.39, 0.29) is 17.2 Å². The van der Waals surface area contributed by atoms with Crippen molar-refractivity contribution in [3.8, 4) is 11.5 Å². The number of fused-ring (bicyclic) bond motifs is 1. The Morgan fingerprint density at radius 3 is 2.53 bits per heavy atom. The minimum absolute atomic E-state index is 0.0709. The maximum absolute atomic E-state index is 13.2. The summed E-state index contributed by atoms with van der Waals surface area (Å²) in [5, 5.41) is 23.8. The fourth-order valence-corrected chi connectivity index (χ4v) is 3.94. The van der Waals surface area contributed by atoms with E-state index in [9.17, 15) is 19.5 Å². The number of aromatic hydroxyl groups is 1. The van der Waals surface area contributed by atoms with Crippen LogP contribution >= 0.6 is 15.9 Å². The molecule has 1 heterocycles. The van der Waals surface area contributed by atoms with Gasteiger partial charge in [-0.15, -0.1) is 0 Å². The summed E-state index contributed by atoms with van der Waals surface area (Å²) in [5.41, 5.74) is 2.99. The van der Waals surface area contributed by atoms with Crippen LogP contribution in [-0.2, 0) is 4.79 Å². The van der Waals surface area contributed by atoms with E-state index in [0.29, 0.717) is 26.4 Å². The minimum Gasteiger partial charge on any atom is -0.503 e. The van der Waals surface area contributed by atoms with Crippen LogP contribution in [0.25, 0.3) is 10.8 Å². The molecule has 1 atom stereocenters. The summed E-state index contributed by atoms with van der Waals surface area (Å²) >= 11 is 3.23. The first-order chi connectivity index (χ1) is 17.4. The molecule has 4 rings (SSSR count). The molecule has 0 fully saturated rings. The number of rotatable bonds is 7. The maximum Gasteiger partial charge on any atom is 0.272 e. The predicted octanol–water partition coefficient (Wildman–Crippen LogP) is 3.02. The number of carbonyl (C=O) groups is 2. The van der Waals surface area contributed by atoms with Crippen LogP contribution in [-0.4, -0.2) is 40.4 Å². The van der Waals surface area contributed by atoms with Crippen molar-refractivity contribution in [1.29, 1.82) is 0 Å². The Kier molecular flexibility index (Phi) is 7.40. The normalized spacial score (nSPS) is 11.8. The van der Waals surface area contributed by atoms with Crippen molar-refractivity contribution in [3.05, 3.63) is 98.4 Å². The fraction of sp³-hybridized carbons (Fsp3) is 0.0800. The number of phenols is 1. The lowest BCUT2D eigenvalue weighted by Gasteiger charge is -2.18. The van der Waals surface area contributed by atoms with Crippen molar-refractivity contribution in [2.75, 3.05) is 7.11 Å². The molecule has 0 saturated carbocycles. The van der Waals surface area contributed by atoms with Crippen LogP contribution in [0.2, 0.25) is 0 Å². The first-order valence-corrected chi connectivity index (χ1v) is 11.4. The van der Waals surface area contributed by atoms with E-state index in [1.165, 1.54) is 19.4 Å². The van der Waals surface area contributed by atoms with Gasteiger partial charge in [0.25, 0.3) is 17.4 Å². The number of hydrogen-bond acceptors (Lipinski definition) is 7. The third-order valence-electron chi connectivity index (χ3n) is 5.23. The lowest BCUT2D eigenvalue weighted by molar-refractivity contribution is -0.123. The maximum atomic E-state index is 13.2. The van der Waals surface area contributed by atoms with Gasteiger partial charge in [-0.3, -0.25) is 14.4 Å². The summed E-state index contributed by atoms with van der Waals surface area (Å²) in [6, 6.07) is 16.9. The SMILES string of the molecule is COc1cc(/C=N\NC(=O)[C@H](NC(=O)c2ccccc2)c2n[nH]c(=O)c3ccccc23)cc(Br)c1O. The molecule has 0 unspecified atom stereocenters. The number of phenolic OH excluding ortho intramolecular Hbond substituents is 1. The van der Waals surface area contributed by atoms with Crippen molar-refractivity contribution in [3.63, 3.8) is 0 Å². The van der Waals surface area contributed by atoms with Crippen LogP contribution in [0.3, 0.4) is 0 Å². The third kappa shape index (κ3) is 5.26. The average Bonchev–Trinajstić information content (AvgIpc) is 2.90. The van der Waals surface area contributed by atoms with E-state index < -0.39 is 23.4 Å². The zero-order valence-electron chi connectivity index (χ0n) is 18.9. The number of halogens is 1. The quantitative estimate of drug-likeness (QED) is 0.206. The molecule has 2 amide bonds. The Hall–Kier alpha value is -4.51. The second kappa shape index (κ2) is 10.8. The zero-order valence-corrected chi connectivity index (χ0v) is 20.4. The number of H-pyrrole nitrogens is 1. The Morgan fingerprint density at radius 2 is 1.81 bits per heavy atom. The van der Waals surface area contributed by atoms with Crippen LogP contribution in [0.4, 0.5) is 0 Å². The summed E-state index contributed by atoms with van der Waals surface area (Å²) in [6.07, 6.45) is 1.35. The highest BCUT2D eigenvalue weighted by molar-refractivity contribution is 9.10. The first kappa shape index (κ1) is 24.6. The molecular weight excluding hydrogens is 530 g/mol. The van der Waals surface area contributed by atoms with Crippen LogP contribution in [0.5, 0.6) is 11.5 Å². The van der Waals surface area contributed by atoms with Gasteiger partial charge in [0, 0.05) is 10.9 Å². The van der Waals surface area contributed by atoms with Gasteiger partial charge in [0.2, 0.25) is 0 Å². The van der Waals surface area contributed by atoms with Gasteiger partial charge < -0.3 is 15.2 Å². The Morgan fingerprint density at radius 1 is 1.11 bits per heavy atom. The molecule has 0 aliphatic carbocycles. The summed E-state index contributed by atoms with van der Waals surface area (Å²) < 4.78 is 5.49. The molecule has 36 heavy (non-hydrogen) atoms. The topological polar surface area (TPSA) is 146 Å². The van der Waals surface area contributed by atoms with Crippen molar-refractivity contribution in [1.82, 2.24) is 20.9 Å². The van der Waals surface area contributed by atoms with Crippen molar-refractivity contribution in [2.24, 2.45) is 5.10 Å². The number of benzene rings is 3. The van der Waals surface area contributed by atoms with E-state index in [4.69, 9.17) is 4.74 Å². The molecule has 1 aromatic heterocycles. The predicted molar refractivity (Wildman–Crippen MR) is 137 cm³/mol. The summed E-state index contributed by atoms with van der Waals surface area (Å²) in [7, 11) is 1.41. The van der Waals surface area contributed by atoms with Gasteiger partial charge in [-0.05, 0) is 51.8 Å². The summed E-state index contributed by atoms with van der Waals surface area (Å²) in [6.45, 7) is 0. The lowest BCUT2D eigenvalue weighted by atomic mass is 10.0. The van der Waals surface area contributed by atoms with Gasteiger partial charge in [-0.25, -0.2) is 10.5 Å². The number of amides is 2. The number of aromatic amines is 1. The van der Waals surface area contributed by atoms with Gasteiger partial charge in [0.05, 0.1) is 23.2 Å². The van der Waals surface area contributed by atoms with E-state index in [1.54, 1.807) is 60.7 Å². The minimum atomic E-state index is -1.28. The molecule has 0 saturated heterocycles. The highest BCUT2D eigenvalue weighted by Crippen LogP contribution is 2.34.